The Bertz CT molecular complexity index is 203. The highest BCUT2D eigenvalue weighted by molar-refractivity contribution is 7.98. The molecule has 0 aliphatic heterocycles. The van der Waals surface area contributed by atoms with Crippen molar-refractivity contribution in [1.29, 1.82) is 0 Å². The zero-order chi connectivity index (χ0) is 11.9. The van der Waals surface area contributed by atoms with Gasteiger partial charge in [-0.25, -0.2) is 0 Å². The molecule has 1 nitrogen and oxygen atoms in total. The summed E-state index contributed by atoms with van der Waals surface area (Å²) in [6.45, 7) is 1.31. The van der Waals surface area contributed by atoms with E-state index in [0.29, 0.717) is 0 Å². The van der Waals surface area contributed by atoms with Gasteiger partial charge in [-0.1, -0.05) is 25.7 Å². The lowest BCUT2D eigenvalue weighted by molar-refractivity contribution is 0.281. The predicted molar refractivity (Wildman–Crippen MR) is 78.7 cm³/mol. The van der Waals surface area contributed by atoms with Crippen LogP contribution in [-0.4, -0.2) is 24.6 Å². The Morgan fingerprint density at radius 1 is 1.00 bits per heavy atom. The van der Waals surface area contributed by atoms with Crippen LogP contribution in [0.5, 0.6) is 0 Å². The van der Waals surface area contributed by atoms with Gasteiger partial charge in [-0.05, 0) is 62.5 Å². The topological polar surface area (TPSA) is 12.0 Å². The summed E-state index contributed by atoms with van der Waals surface area (Å²) in [5.41, 5.74) is 0. The van der Waals surface area contributed by atoms with Crippen LogP contribution in [-0.2, 0) is 0 Å². The molecule has 100 valence electrons. The summed E-state index contributed by atoms with van der Waals surface area (Å²) in [4.78, 5) is 0. The molecule has 2 aliphatic carbocycles. The summed E-state index contributed by atoms with van der Waals surface area (Å²) in [5, 5.41) is 3.77. The van der Waals surface area contributed by atoms with Crippen molar-refractivity contribution >= 4 is 11.8 Å². The lowest BCUT2D eigenvalue weighted by atomic mass is 9.84. The molecule has 0 aromatic heterocycles. The Labute approximate surface area is 112 Å². The molecular weight excluding hydrogens is 226 g/mol. The molecule has 2 rings (SSSR count). The standard InChI is InChI=1S/C15H29NS/c1-17-11-5-8-13-6-3-2-4-7-14(13)12-16-15-9-10-15/h13-16H,2-12H2,1H3. The summed E-state index contributed by atoms with van der Waals surface area (Å²) in [7, 11) is 0. The maximum atomic E-state index is 3.77. The van der Waals surface area contributed by atoms with Crippen molar-refractivity contribution in [3.05, 3.63) is 0 Å². The first-order valence-corrected chi connectivity index (χ1v) is 9.02. The predicted octanol–water partition coefficient (Wildman–Crippen LogP) is 4.08. The van der Waals surface area contributed by atoms with Gasteiger partial charge in [0, 0.05) is 6.04 Å². The van der Waals surface area contributed by atoms with Gasteiger partial charge in [-0.2, -0.15) is 11.8 Å². The Kier molecular flexibility index (Phi) is 6.21. The molecule has 17 heavy (non-hydrogen) atoms. The van der Waals surface area contributed by atoms with E-state index in [0.717, 1.165) is 17.9 Å². The molecule has 0 bridgehead atoms. The third-order valence-corrected chi connectivity index (χ3v) is 5.18. The first kappa shape index (κ1) is 13.7. The van der Waals surface area contributed by atoms with E-state index in [1.54, 1.807) is 0 Å². The van der Waals surface area contributed by atoms with Crippen LogP contribution in [0.4, 0.5) is 0 Å². The van der Waals surface area contributed by atoms with Crippen molar-refractivity contribution < 1.29 is 0 Å². The zero-order valence-corrected chi connectivity index (χ0v) is 12.2. The number of hydrogen-bond donors (Lipinski definition) is 1. The maximum absolute atomic E-state index is 3.77. The second kappa shape index (κ2) is 7.68. The normalized spacial score (nSPS) is 30.2. The zero-order valence-electron chi connectivity index (χ0n) is 11.4. The molecule has 0 saturated heterocycles. The van der Waals surface area contributed by atoms with Gasteiger partial charge in [-0.15, -0.1) is 0 Å². The fraction of sp³-hybridized carbons (Fsp3) is 1.00. The first-order valence-electron chi connectivity index (χ1n) is 7.62. The Morgan fingerprint density at radius 2 is 1.76 bits per heavy atom. The minimum absolute atomic E-state index is 0.894. The lowest BCUT2D eigenvalue weighted by Gasteiger charge is -2.25. The number of hydrogen-bond acceptors (Lipinski definition) is 2. The third kappa shape index (κ3) is 5.21. The molecule has 2 fully saturated rings. The Balaban J connectivity index is 1.73. The van der Waals surface area contributed by atoms with Crippen LogP contribution in [0, 0.1) is 11.8 Å². The van der Waals surface area contributed by atoms with E-state index in [1.165, 1.54) is 70.1 Å². The van der Waals surface area contributed by atoms with Crippen LogP contribution < -0.4 is 5.32 Å². The van der Waals surface area contributed by atoms with Gasteiger partial charge in [0.05, 0.1) is 0 Å². The highest BCUT2D eigenvalue weighted by Gasteiger charge is 2.26. The molecule has 2 aliphatic rings. The monoisotopic (exact) mass is 255 g/mol. The fourth-order valence-corrected chi connectivity index (χ4v) is 3.66. The van der Waals surface area contributed by atoms with E-state index in [2.05, 4.69) is 11.6 Å². The van der Waals surface area contributed by atoms with E-state index < -0.39 is 0 Å². The molecule has 2 atom stereocenters. The lowest BCUT2D eigenvalue weighted by Crippen LogP contribution is -2.29. The molecule has 0 amide bonds. The largest absolute Gasteiger partial charge is 0.314 e. The smallest absolute Gasteiger partial charge is 0.00683 e. The molecular formula is C15H29NS. The SMILES string of the molecule is CSCCCC1CCCCCC1CNC1CC1. The van der Waals surface area contributed by atoms with Gasteiger partial charge in [0.2, 0.25) is 0 Å². The van der Waals surface area contributed by atoms with Crippen molar-refractivity contribution in [3.8, 4) is 0 Å². The summed E-state index contributed by atoms with van der Waals surface area (Å²) in [6.07, 6.45) is 15.5. The molecule has 0 aromatic carbocycles. The molecule has 0 heterocycles. The van der Waals surface area contributed by atoms with Crippen LogP contribution >= 0.6 is 11.8 Å². The molecule has 1 N–H and O–H groups in total. The van der Waals surface area contributed by atoms with Gasteiger partial charge >= 0.3 is 0 Å². The quantitative estimate of drug-likeness (QED) is 0.543. The number of rotatable bonds is 7. The van der Waals surface area contributed by atoms with E-state index in [9.17, 15) is 0 Å². The second-order valence-electron chi connectivity index (χ2n) is 5.98. The molecule has 2 saturated carbocycles. The third-order valence-electron chi connectivity index (χ3n) is 4.49. The minimum Gasteiger partial charge on any atom is -0.314 e. The number of nitrogens with one attached hydrogen (secondary N) is 1. The van der Waals surface area contributed by atoms with Crippen molar-refractivity contribution in [3.63, 3.8) is 0 Å². The molecule has 2 unspecified atom stereocenters. The average molecular weight is 255 g/mol. The first-order chi connectivity index (χ1) is 8.40. The molecule has 0 spiro atoms. The van der Waals surface area contributed by atoms with Crippen LogP contribution in [0.1, 0.15) is 57.8 Å². The van der Waals surface area contributed by atoms with Crippen molar-refractivity contribution in [2.75, 3.05) is 18.6 Å². The van der Waals surface area contributed by atoms with Crippen LogP contribution in [0.25, 0.3) is 0 Å². The van der Waals surface area contributed by atoms with Gasteiger partial charge in [0.15, 0.2) is 0 Å². The molecule has 2 heteroatoms. The van der Waals surface area contributed by atoms with E-state index in [-0.39, 0.29) is 0 Å². The van der Waals surface area contributed by atoms with Gasteiger partial charge < -0.3 is 5.32 Å². The van der Waals surface area contributed by atoms with E-state index in [4.69, 9.17) is 0 Å². The minimum atomic E-state index is 0.894. The highest BCUT2D eigenvalue weighted by atomic mass is 32.2. The molecule has 0 aromatic rings. The van der Waals surface area contributed by atoms with E-state index >= 15 is 0 Å². The van der Waals surface area contributed by atoms with Crippen LogP contribution in [0.15, 0.2) is 0 Å². The van der Waals surface area contributed by atoms with Crippen LogP contribution in [0.2, 0.25) is 0 Å². The highest BCUT2D eigenvalue weighted by Crippen LogP contribution is 2.32. The summed E-state index contributed by atoms with van der Waals surface area (Å²) >= 11 is 2.01. The van der Waals surface area contributed by atoms with Crippen molar-refractivity contribution in [2.45, 2.75) is 63.8 Å². The average Bonchev–Trinajstić information content (AvgIpc) is 3.14. The van der Waals surface area contributed by atoms with Gasteiger partial charge in [0.1, 0.15) is 0 Å². The number of thioether (sulfide) groups is 1. The van der Waals surface area contributed by atoms with Gasteiger partial charge in [-0.3, -0.25) is 0 Å². The van der Waals surface area contributed by atoms with E-state index in [1.807, 2.05) is 11.8 Å². The molecule has 0 radical (unpaired) electrons. The maximum Gasteiger partial charge on any atom is 0.00683 e. The Hall–Kier alpha value is 0.310. The van der Waals surface area contributed by atoms with Crippen molar-refractivity contribution in [1.82, 2.24) is 5.32 Å². The van der Waals surface area contributed by atoms with Crippen molar-refractivity contribution in [2.24, 2.45) is 11.8 Å². The van der Waals surface area contributed by atoms with Gasteiger partial charge in [0.25, 0.3) is 0 Å². The summed E-state index contributed by atoms with van der Waals surface area (Å²) in [6, 6.07) is 0.894. The Morgan fingerprint density at radius 3 is 2.47 bits per heavy atom. The summed E-state index contributed by atoms with van der Waals surface area (Å²) < 4.78 is 0. The second-order valence-corrected chi connectivity index (χ2v) is 6.96. The fourth-order valence-electron chi connectivity index (χ4n) is 3.21. The summed E-state index contributed by atoms with van der Waals surface area (Å²) in [5.74, 6) is 3.37. The van der Waals surface area contributed by atoms with Crippen LogP contribution in [0.3, 0.4) is 0 Å².